The molecule has 0 aliphatic carbocycles. The largest absolute Gasteiger partial charge is 0.326 e. The monoisotopic (exact) mass is 226 g/mol. The van der Waals surface area contributed by atoms with E-state index in [4.69, 9.17) is 11.5 Å². The highest BCUT2D eigenvalue weighted by atomic mass is 14.5. The second-order valence-electron chi connectivity index (χ2n) is 4.25. The quantitative estimate of drug-likeness (QED) is 0.845. The van der Waals surface area contributed by atoms with Gasteiger partial charge in [0.05, 0.1) is 0 Å². The molecule has 88 valence electrons. The minimum atomic E-state index is 0.577. The SMILES string of the molecule is Cc1cc(-c2cccc(CN)c2)ccc1CN. The maximum absolute atomic E-state index is 5.67. The van der Waals surface area contributed by atoms with Crippen molar-refractivity contribution in [3.05, 3.63) is 59.2 Å². The van der Waals surface area contributed by atoms with E-state index in [-0.39, 0.29) is 0 Å². The van der Waals surface area contributed by atoms with Gasteiger partial charge in [-0.2, -0.15) is 0 Å². The molecule has 0 unspecified atom stereocenters. The van der Waals surface area contributed by atoms with Crippen LogP contribution in [0.15, 0.2) is 42.5 Å². The second-order valence-corrected chi connectivity index (χ2v) is 4.25. The Hall–Kier alpha value is -1.64. The van der Waals surface area contributed by atoms with Crippen molar-refractivity contribution >= 4 is 0 Å². The van der Waals surface area contributed by atoms with Gasteiger partial charge in [-0.15, -0.1) is 0 Å². The summed E-state index contributed by atoms with van der Waals surface area (Å²) >= 11 is 0. The summed E-state index contributed by atoms with van der Waals surface area (Å²) in [5.41, 5.74) is 17.3. The summed E-state index contributed by atoms with van der Waals surface area (Å²) in [7, 11) is 0. The standard InChI is InChI=1S/C15H18N2/c1-11-7-14(5-6-15(11)10-17)13-4-2-3-12(8-13)9-16/h2-8H,9-10,16-17H2,1H3. The molecule has 0 saturated heterocycles. The van der Waals surface area contributed by atoms with Gasteiger partial charge in [0, 0.05) is 13.1 Å². The molecule has 2 rings (SSSR count). The summed E-state index contributed by atoms with van der Waals surface area (Å²) in [6.45, 7) is 3.27. The molecular formula is C15H18N2. The van der Waals surface area contributed by atoms with Gasteiger partial charge in [-0.05, 0) is 40.8 Å². The predicted octanol–water partition coefficient (Wildman–Crippen LogP) is 2.58. The van der Waals surface area contributed by atoms with Gasteiger partial charge in [0.15, 0.2) is 0 Å². The van der Waals surface area contributed by atoms with Gasteiger partial charge in [0.25, 0.3) is 0 Å². The van der Waals surface area contributed by atoms with E-state index in [0.717, 1.165) is 5.56 Å². The molecule has 0 saturated carbocycles. The third-order valence-electron chi connectivity index (χ3n) is 3.06. The van der Waals surface area contributed by atoms with Crippen LogP contribution in [0.5, 0.6) is 0 Å². The summed E-state index contributed by atoms with van der Waals surface area (Å²) in [6.07, 6.45) is 0. The molecule has 2 aromatic rings. The summed E-state index contributed by atoms with van der Waals surface area (Å²) in [4.78, 5) is 0. The average Bonchev–Trinajstić information content (AvgIpc) is 2.38. The van der Waals surface area contributed by atoms with Gasteiger partial charge in [0.1, 0.15) is 0 Å². The molecule has 0 heterocycles. The Morgan fingerprint density at radius 2 is 1.65 bits per heavy atom. The Morgan fingerprint density at radius 1 is 0.882 bits per heavy atom. The molecule has 0 radical (unpaired) electrons. The summed E-state index contributed by atoms with van der Waals surface area (Å²) < 4.78 is 0. The molecule has 2 heteroatoms. The molecule has 4 N–H and O–H groups in total. The molecular weight excluding hydrogens is 208 g/mol. The molecule has 0 aliphatic rings. The number of hydrogen-bond donors (Lipinski definition) is 2. The van der Waals surface area contributed by atoms with E-state index >= 15 is 0 Å². The minimum absolute atomic E-state index is 0.577. The number of hydrogen-bond acceptors (Lipinski definition) is 2. The van der Waals surface area contributed by atoms with Crippen molar-refractivity contribution in [2.45, 2.75) is 20.0 Å². The van der Waals surface area contributed by atoms with Gasteiger partial charge in [-0.1, -0.05) is 36.4 Å². The fourth-order valence-electron chi connectivity index (χ4n) is 1.98. The van der Waals surface area contributed by atoms with E-state index in [0.29, 0.717) is 13.1 Å². The van der Waals surface area contributed by atoms with Crippen LogP contribution in [0.4, 0.5) is 0 Å². The lowest BCUT2D eigenvalue weighted by atomic mass is 9.98. The van der Waals surface area contributed by atoms with Crippen LogP contribution in [0.2, 0.25) is 0 Å². The van der Waals surface area contributed by atoms with E-state index in [1.165, 1.54) is 22.3 Å². The molecule has 17 heavy (non-hydrogen) atoms. The lowest BCUT2D eigenvalue weighted by molar-refractivity contribution is 1.05. The van der Waals surface area contributed by atoms with Gasteiger partial charge >= 0.3 is 0 Å². The van der Waals surface area contributed by atoms with Crippen molar-refractivity contribution in [2.75, 3.05) is 0 Å². The van der Waals surface area contributed by atoms with Gasteiger partial charge in [-0.25, -0.2) is 0 Å². The van der Waals surface area contributed by atoms with Crippen LogP contribution in [0, 0.1) is 6.92 Å². The Kier molecular flexibility index (Phi) is 3.57. The maximum atomic E-state index is 5.67. The first-order chi connectivity index (χ1) is 8.24. The van der Waals surface area contributed by atoms with Crippen LogP contribution in [0.3, 0.4) is 0 Å². The highest BCUT2D eigenvalue weighted by Gasteiger charge is 2.01. The smallest absolute Gasteiger partial charge is 0.0180 e. The molecule has 0 spiro atoms. The summed E-state index contributed by atoms with van der Waals surface area (Å²) in [5.74, 6) is 0. The van der Waals surface area contributed by atoms with Crippen LogP contribution in [0.25, 0.3) is 11.1 Å². The van der Waals surface area contributed by atoms with Crippen LogP contribution < -0.4 is 11.5 Å². The number of aryl methyl sites for hydroxylation is 1. The zero-order valence-electron chi connectivity index (χ0n) is 10.1. The fraction of sp³-hybridized carbons (Fsp3) is 0.200. The fourth-order valence-corrected chi connectivity index (χ4v) is 1.98. The zero-order valence-corrected chi connectivity index (χ0v) is 10.1. The van der Waals surface area contributed by atoms with Gasteiger partial charge in [0.2, 0.25) is 0 Å². The molecule has 0 aliphatic heterocycles. The van der Waals surface area contributed by atoms with Gasteiger partial charge in [-0.3, -0.25) is 0 Å². The first-order valence-electron chi connectivity index (χ1n) is 5.83. The van der Waals surface area contributed by atoms with Crippen LogP contribution >= 0.6 is 0 Å². The maximum Gasteiger partial charge on any atom is 0.0180 e. The van der Waals surface area contributed by atoms with Crippen molar-refractivity contribution < 1.29 is 0 Å². The number of rotatable bonds is 3. The lowest BCUT2D eigenvalue weighted by Crippen LogP contribution is -1.99. The zero-order chi connectivity index (χ0) is 12.3. The van der Waals surface area contributed by atoms with E-state index < -0.39 is 0 Å². The molecule has 0 amide bonds. The molecule has 2 nitrogen and oxygen atoms in total. The van der Waals surface area contributed by atoms with Crippen molar-refractivity contribution in [1.29, 1.82) is 0 Å². The normalized spacial score (nSPS) is 10.5. The van der Waals surface area contributed by atoms with E-state index in [1.54, 1.807) is 0 Å². The Morgan fingerprint density at radius 3 is 2.29 bits per heavy atom. The second kappa shape index (κ2) is 5.13. The minimum Gasteiger partial charge on any atom is -0.326 e. The van der Waals surface area contributed by atoms with Crippen LogP contribution in [-0.2, 0) is 13.1 Å². The Bertz CT molecular complexity index is 518. The Labute approximate surface area is 102 Å². The molecule has 2 aromatic carbocycles. The van der Waals surface area contributed by atoms with E-state index in [9.17, 15) is 0 Å². The lowest BCUT2D eigenvalue weighted by Gasteiger charge is -2.08. The van der Waals surface area contributed by atoms with Crippen molar-refractivity contribution in [3.63, 3.8) is 0 Å². The van der Waals surface area contributed by atoms with Gasteiger partial charge < -0.3 is 11.5 Å². The topological polar surface area (TPSA) is 52.0 Å². The summed E-state index contributed by atoms with van der Waals surface area (Å²) in [5, 5.41) is 0. The molecule has 0 atom stereocenters. The average molecular weight is 226 g/mol. The van der Waals surface area contributed by atoms with Crippen LogP contribution in [-0.4, -0.2) is 0 Å². The van der Waals surface area contributed by atoms with E-state index in [2.05, 4.69) is 37.3 Å². The summed E-state index contributed by atoms with van der Waals surface area (Å²) in [6, 6.07) is 14.7. The highest BCUT2D eigenvalue weighted by Crippen LogP contribution is 2.23. The number of nitrogens with two attached hydrogens (primary N) is 2. The Balaban J connectivity index is 2.42. The third kappa shape index (κ3) is 2.54. The molecule has 0 fully saturated rings. The van der Waals surface area contributed by atoms with E-state index in [1.807, 2.05) is 12.1 Å². The molecule has 0 bridgehead atoms. The highest BCUT2D eigenvalue weighted by molar-refractivity contribution is 5.65. The molecule has 0 aromatic heterocycles. The third-order valence-corrected chi connectivity index (χ3v) is 3.06. The van der Waals surface area contributed by atoms with Crippen molar-refractivity contribution in [2.24, 2.45) is 11.5 Å². The van der Waals surface area contributed by atoms with Crippen LogP contribution in [0.1, 0.15) is 16.7 Å². The first-order valence-corrected chi connectivity index (χ1v) is 5.83. The number of benzene rings is 2. The first kappa shape index (κ1) is 11.8. The van der Waals surface area contributed by atoms with Crippen molar-refractivity contribution in [1.82, 2.24) is 0 Å². The van der Waals surface area contributed by atoms with Crippen molar-refractivity contribution in [3.8, 4) is 11.1 Å². The predicted molar refractivity (Wildman–Crippen MR) is 72.4 cm³/mol.